The molecule has 0 fully saturated rings. The van der Waals surface area contributed by atoms with E-state index in [0.29, 0.717) is 12.0 Å². The van der Waals surface area contributed by atoms with Crippen LogP contribution in [0.2, 0.25) is 0 Å². The number of nitrogens with two attached hydrogens (primary N) is 1. The van der Waals surface area contributed by atoms with E-state index in [1.54, 1.807) is 0 Å². The molecule has 0 radical (unpaired) electrons. The van der Waals surface area contributed by atoms with Crippen molar-refractivity contribution in [1.29, 1.82) is 0 Å². The van der Waals surface area contributed by atoms with Gasteiger partial charge in [0.05, 0.1) is 0 Å². The summed E-state index contributed by atoms with van der Waals surface area (Å²) in [6.45, 7) is 11.7. The minimum atomic E-state index is 0.605. The van der Waals surface area contributed by atoms with Crippen molar-refractivity contribution >= 4 is 0 Å². The molecule has 0 saturated heterocycles. The standard InChI is InChI=1S/C17H30N2/c1-5-17(6-2)19(12-11-18)13-15-7-9-16(10-8-15)14(3)4/h7-10,14,17H,5-6,11-13,18H2,1-4H3. The number of nitrogens with zero attached hydrogens (tertiary/aromatic N) is 1. The Morgan fingerprint density at radius 2 is 1.63 bits per heavy atom. The molecule has 0 atom stereocenters. The number of rotatable bonds is 8. The molecule has 0 amide bonds. The maximum atomic E-state index is 5.75. The van der Waals surface area contributed by atoms with Gasteiger partial charge in [0.2, 0.25) is 0 Å². The van der Waals surface area contributed by atoms with Crippen LogP contribution in [0.5, 0.6) is 0 Å². The molecular formula is C17H30N2. The first kappa shape index (κ1) is 16.2. The van der Waals surface area contributed by atoms with Gasteiger partial charge in [-0.05, 0) is 29.9 Å². The molecule has 1 rings (SSSR count). The van der Waals surface area contributed by atoms with E-state index in [4.69, 9.17) is 5.73 Å². The van der Waals surface area contributed by atoms with Crippen LogP contribution in [0.4, 0.5) is 0 Å². The molecule has 1 aromatic rings. The molecule has 0 aliphatic rings. The molecule has 0 spiro atoms. The van der Waals surface area contributed by atoms with E-state index >= 15 is 0 Å². The van der Waals surface area contributed by atoms with Gasteiger partial charge in [0.1, 0.15) is 0 Å². The molecule has 0 aliphatic carbocycles. The second-order valence-corrected chi connectivity index (χ2v) is 5.63. The zero-order chi connectivity index (χ0) is 14.3. The van der Waals surface area contributed by atoms with E-state index in [0.717, 1.165) is 19.6 Å². The Morgan fingerprint density at radius 1 is 1.05 bits per heavy atom. The second-order valence-electron chi connectivity index (χ2n) is 5.63. The van der Waals surface area contributed by atoms with Gasteiger partial charge in [-0.3, -0.25) is 4.90 Å². The van der Waals surface area contributed by atoms with Crippen molar-refractivity contribution in [2.24, 2.45) is 5.73 Å². The SMILES string of the molecule is CCC(CC)N(CCN)Cc1ccc(C(C)C)cc1. The maximum Gasteiger partial charge on any atom is 0.0237 e. The Kier molecular flexibility index (Phi) is 7.11. The van der Waals surface area contributed by atoms with Gasteiger partial charge in [0.25, 0.3) is 0 Å². The lowest BCUT2D eigenvalue weighted by Crippen LogP contribution is -2.37. The summed E-state index contributed by atoms with van der Waals surface area (Å²) in [6, 6.07) is 9.69. The Balaban J connectivity index is 2.72. The van der Waals surface area contributed by atoms with Crippen molar-refractivity contribution in [3.8, 4) is 0 Å². The third-order valence-electron chi connectivity index (χ3n) is 3.91. The lowest BCUT2D eigenvalue weighted by atomic mass is 10.0. The summed E-state index contributed by atoms with van der Waals surface area (Å²) in [5, 5.41) is 0. The van der Waals surface area contributed by atoms with Crippen molar-refractivity contribution in [1.82, 2.24) is 4.90 Å². The fourth-order valence-electron chi connectivity index (χ4n) is 2.60. The Labute approximate surface area is 119 Å². The van der Waals surface area contributed by atoms with E-state index < -0.39 is 0 Å². The Hall–Kier alpha value is -0.860. The van der Waals surface area contributed by atoms with Crippen molar-refractivity contribution in [3.05, 3.63) is 35.4 Å². The van der Waals surface area contributed by atoms with Crippen LogP contribution in [-0.2, 0) is 6.54 Å². The monoisotopic (exact) mass is 262 g/mol. The summed E-state index contributed by atoms with van der Waals surface area (Å²) < 4.78 is 0. The summed E-state index contributed by atoms with van der Waals surface area (Å²) in [5.41, 5.74) is 8.56. The molecule has 0 bridgehead atoms. The highest BCUT2D eigenvalue weighted by atomic mass is 15.2. The van der Waals surface area contributed by atoms with E-state index in [1.807, 2.05) is 0 Å². The third-order valence-corrected chi connectivity index (χ3v) is 3.91. The van der Waals surface area contributed by atoms with Crippen molar-refractivity contribution in [2.45, 2.75) is 59.0 Å². The van der Waals surface area contributed by atoms with Crippen molar-refractivity contribution < 1.29 is 0 Å². The minimum Gasteiger partial charge on any atom is -0.329 e. The second kappa shape index (κ2) is 8.34. The average Bonchev–Trinajstić information content (AvgIpc) is 2.41. The molecule has 1 aromatic carbocycles. The smallest absolute Gasteiger partial charge is 0.0237 e. The predicted molar refractivity (Wildman–Crippen MR) is 84.4 cm³/mol. The van der Waals surface area contributed by atoms with Crippen LogP contribution in [0, 0.1) is 0 Å². The first-order chi connectivity index (χ1) is 9.12. The van der Waals surface area contributed by atoms with Gasteiger partial charge in [-0.15, -0.1) is 0 Å². The molecule has 0 unspecified atom stereocenters. The molecule has 2 N–H and O–H groups in total. The molecule has 2 heteroatoms. The quantitative estimate of drug-likeness (QED) is 0.773. The normalized spacial score (nSPS) is 11.8. The van der Waals surface area contributed by atoms with Crippen LogP contribution in [0.3, 0.4) is 0 Å². The van der Waals surface area contributed by atoms with Crippen molar-refractivity contribution in [2.75, 3.05) is 13.1 Å². The fourth-order valence-corrected chi connectivity index (χ4v) is 2.60. The van der Waals surface area contributed by atoms with Gasteiger partial charge in [0, 0.05) is 25.7 Å². The predicted octanol–water partition coefficient (Wildman–Crippen LogP) is 3.76. The summed E-state index contributed by atoms with van der Waals surface area (Å²) in [4.78, 5) is 2.52. The van der Waals surface area contributed by atoms with Crippen LogP contribution in [0.1, 0.15) is 57.6 Å². The van der Waals surface area contributed by atoms with E-state index in [9.17, 15) is 0 Å². The van der Waals surface area contributed by atoms with Gasteiger partial charge in [-0.25, -0.2) is 0 Å². The highest BCUT2D eigenvalue weighted by Crippen LogP contribution is 2.17. The minimum absolute atomic E-state index is 0.605. The van der Waals surface area contributed by atoms with E-state index in [2.05, 4.69) is 56.9 Å². The highest BCUT2D eigenvalue weighted by molar-refractivity contribution is 5.24. The van der Waals surface area contributed by atoms with E-state index in [1.165, 1.54) is 24.0 Å². The van der Waals surface area contributed by atoms with Gasteiger partial charge in [0.15, 0.2) is 0 Å². The van der Waals surface area contributed by atoms with Gasteiger partial charge in [-0.2, -0.15) is 0 Å². The Bertz CT molecular complexity index is 339. The summed E-state index contributed by atoms with van der Waals surface area (Å²) in [7, 11) is 0. The lowest BCUT2D eigenvalue weighted by molar-refractivity contribution is 0.182. The summed E-state index contributed by atoms with van der Waals surface area (Å²) in [5.74, 6) is 0.605. The molecule has 0 saturated carbocycles. The largest absolute Gasteiger partial charge is 0.329 e. The molecule has 0 aromatic heterocycles. The van der Waals surface area contributed by atoms with Crippen LogP contribution < -0.4 is 5.73 Å². The topological polar surface area (TPSA) is 29.3 Å². The van der Waals surface area contributed by atoms with Crippen LogP contribution >= 0.6 is 0 Å². The van der Waals surface area contributed by atoms with Gasteiger partial charge < -0.3 is 5.73 Å². The lowest BCUT2D eigenvalue weighted by Gasteiger charge is -2.30. The highest BCUT2D eigenvalue weighted by Gasteiger charge is 2.14. The first-order valence-electron chi connectivity index (χ1n) is 7.65. The molecule has 19 heavy (non-hydrogen) atoms. The summed E-state index contributed by atoms with van der Waals surface area (Å²) >= 11 is 0. The first-order valence-corrected chi connectivity index (χ1v) is 7.65. The number of hydrogen-bond donors (Lipinski definition) is 1. The Morgan fingerprint density at radius 3 is 2.05 bits per heavy atom. The zero-order valence-electron chi connectivity index (χ0n) is 13.0. The molecule has 0 aliphatic heterocycles. The number of benzene rings is 1. The van der Waals surface area contributed by atoms with Crippen LogP contribution in [-0.4, -0.2) is 24.0 Å². The fraction of sp³-hybridized carbons (Fsp3) is 0.647. The van der Waals surface area contributed by atoms with E-state index in [-0.39, 0.29) is 0 Å². The molecule has 0 heterocycles. The zero-order valence-corrected chi connectivity index (χ0v) is 13.0. The van der Waals surface area contributed by atoms with Gasteiger partial charge >= 0.3 is 0 Å². The number of hydrogen-bond acceptors (Lipinski definition) is 2. The van der Waals surface area contributed by atoms with Crippen LogP contribution in [0.15, 0.2) is 24.3 Å². The maximum absolute atomic E-state index is 5.75. The summed E-state index contributed by atoms with van der Waals surface area (Å²) in [6.07, 6.45) is 2.39. The molecule has 108 valence electrons. The molecular weight excluding hydrogens is 232 g/mol. The molecule has 2 nitrogen and oxygen atoms in total. The van der Waals surface area contributed by atoms with Crippen molar-refractivity contribution in [3.63, 3.8) is 0 Å². The average molecular weight is 262 g/mol. The van der Waals surface area contributed by atoms with Crippen LogP contribution in [0.25, 0.3) is 0 Å². The third kappa shape index (κ3) is 4.96. The van der Waals surface area contributed by atoms with Gasteiger partial charge in [-0.1, -0.05) is 52.0 Å².